The molecule has 1 amide bonds. The van der Waals surface area contributed by atoms with Crippen molar-refractivity contribution < 1.29 is 4.79 Å². The molecule has 102 valence electrons. The molecule has 0 saturated carbocycles. The lowest BCUT2D eigenvalue weighted by Crippen LogP contribution is -2.51. The van der Waals surface area contributed by atoms with Crippen LogP contribution < -0.4 is 0 Å². The molecule has 1 aromatic heterocycles. The van der Waals surface area contributed by atoms with E-state index in [-0.39, 0.29) is 11.9 Å². The van der Waals surface area contributed by atoms with Crippen molar-refractivity contribution in [3.8, 4) is 6.07 Å². The van der Waals surface area contributed by atoms with Crippen molar-refractivity contribution in [3.63, 3.8) is 0 Å². The van der Waals surface area contributed by atoms with E-state index < -0.39 is 0 Å². The molecule has 5 heteroatoms. The third kappa shape index (κ3) is 3.34. The fourth-order valence-electron chi connectivity index (χ4n) is 2.33. The third-order valence-electron chi connectivity index (χ3n) is 3.56. The zero-order valence-corrected chi connectivity index (χ0v) is 12.2. The van der Waals surface area contributed by atoms with Crippen LogP contribution in [0.4, 0.5) is 0 Å². The zero-order valence-electron chi connectivity index (χ0n) is 11.4. The largest absolute Gasteiger partial charge is 0.335 e. The van der Waals surface area contributed by atoms with Crippen LogP contribution >= 0.6 is 11.3 Å². The second kappa shape index (κ2) is 6.18. The average molecular weight is 277 g/mol. The van der Waals surface area contributed by atoms with Crippen LogP contribution in [0.25, 0.3) is 0 Å². The Bertz CT molecular complexity index is 483. The predicted molar refractivity (Wildman–Crippen MR) is 76.2 cm³/mol. The number of hydrogen-bond acceptors (Lipinski definition) is 4. The van der Waals surface area contributed by atoms with E-state index >= 15 is 0 Å². The molecule has 2 rings (SSSR count). The van der Waals surface area contributed by atoms with Gasteiger partial charge in [0.25, 0.3) is 5.91 Å². The summed E-state index contributed by atoms with van der Waals surface area (Å²) in [5.74, 6) is 0.144. The normalized spacial score (nSPS) is 18.1. The molecule has 19 heavy (non-hydrogen) atoms. The smallest absolute Gasteiger partial charge is 0.264 e. The first-order chi connectivity index (χ1) is 9.11. The molecule has 0 radical (unpaired) electrons. The molecule has 0 unspecified atom stereocenters. The first-order valence-electron chi connectivity index (χ1n) is 6.58. The molecular weight excluding hydrogens is 258 g/mol. The minimum Gasteiger partial charge on any atom is -0.335 e. The van der Waals surface area contributed by atoms with E-state index in [4.69, 9.17) is 5.26 Å². The summed E-state index contributed by atoms with van der Waals surface area (Å²) in [6.45, 7) is 7.32. The molecule has 1 atom stereocenters. The maximum Gasteiger partial charge on any atom is 0.264 e. The maximum absolute atomic E-state index is 12.3. The molecule has 1 fully saturated rings. The van der Waals surface area contributed by atoms with Gasteiger partial charge in [-0.05, 0) is 26.0 Å². The van der Waals surface area contributed by atoms with Crippen LogP contribution in [0.1, 0.15) is 27.9 Å². The molecule has 2 heterocycles. The third-order valence-corrected chi connectivity index (χ3v) is 4.55. The van der Waals surface area contributed by atoms with Crippen molar-refractivity contribution in [2.24, 2.45) is 0 Å². The molecule has 0 aromatic carbocycles. The van der Waals surface area contributed by atoms with E-state index in [1.165, 1.54) is 4.88 Å². The second-order valence-corrected chi connectivity index (χ2v) is 6.24. The van der Waals surface area contributed by atoms with E-state index in [2.05, 4.69) is 17.9 Å². The van der Waals surface area contributed by atoms with Crippen LogP contribution in [-0.2, 0) is 0 Å². The van der Waals surface area contributed by atoms with Crippen LogP contribution in [0, 0.1) is 18.3 Å². The van der Waals surface area contributed by atoms with Crippen LogP contribution in [0.3, 0.4) is 0 Å². The summed E-state index contributed by atoms with van der Waals surface area (Å²) >= 11 is 1.56. The van der Waals surface area contributed by atoms with Crippen molar-refractivity contribution in [2.45, 2.75) is 26.3 Å². The summed E-state index contributed by atoms with van der Waals surface area (Å²) in [5, 5.41) is 8.72. The standard InChI is InChI=1S/C14H19N3OS/c1-11(5-6-15)16-7-9-17(10-8-16)14(18)13-4-3-12(2)19-13/h3-4,11H,5,7-10H2,1-2H3/t11-/m0/s1. The van der Waals surface area contributed by atoms with Crippen LogP contribution in [-0.4, -0.2) is 47.9 Å². The first kappa shape index (κ1) is 14.0. The Kier molecular flexibility index (Phi) is 4.56. The molecule has 0 aliphatic carbocycles. The Morgan fingerprint density at radius 3 is 2.63 bits per heavy atom. The summed E-state index contributed by atoms with van der Waals surface area (Å²) in [6, 6.07) is 6.39. The van der Waals surface area contributed by atoms with Gasteiger partial charge in [0, 0.05) is 37.1 Å². The van der Waals surface area contributed by atoms with E-state index in [0.29, 0.717) is 6.42 Å². The lowest BCUT2D eigenvalue weighted by molar-refractivity contribution is 0.0590. The van der Waals surface area contributed by atoms with E-state index in [1.807, 2.05) is 24.0 Å². The molecule has 1 aliphatic heterocycles. The predicted octanol–water partition coefficient (Wildman–Crippen LogP) is 2.12. The molecule has 4 nitrogen and oxygen atoms in total. The van der Waals surface area contributed by atoms with Crippen molar-refractivity contribution in [1.82, 2.24) is 9.80 Å². The minimum absolute atomic E-state index is 0.144. The molecule has 1 aliphatic rings. The summed E-state index contributed by atoms with van der Waals surface area (Å²) in [6.07, 6.45) is 0.554. The van der Waals surface area contributed by atoms with E-state index in [9.17, 15) is 4.79 Å². The van der Waals surface area contributed by atoms with Crippen LogP contribution in [0.2, 0.25) is 0 Å². The summed E-state index contributed by atoms with van der Waals surface area (Å²) in [7, 11) is 0. The van der Waals surface area contributed by atoms with Gasteiger partial charge >= 0.3 is 0 Å². The van der Waals surface area contributed by atoms with E-state index in [1.54, 1.807) is 11.3 Å². The van der Waals surface area contributed by atoms with Crippen LogP contribution in [0.15, 0.2) is 12.1 Å². The lowest BCUT2D eigenvalue weighted by atomic mass is 10.2. The maximum atomic E-state index is 12.3. The number of nitrogens with zero attached hydrogens (tertiary/aromatic N) is 3. The van der Waals surface area contributed by atoms with Crippen molar-refractivity contribution in [2.75, 3.05) is 26.2 Å². The highest BCUT2D eigenvalue weighted by Gasteiger charge is 2.25. The molecule has 0 bridgehead atoms. The highest BCUT2D eigenvalue weighted by Crippen LogP contribution is 2.18. The van der Waals surface area contributed by atoms with Gasteiger partial charge in [0.1, 0.15) is 0 Å². The fourth-order valence-corrected chi connectivity index (χ4v) is 3.17. The number of thiophene rings is 1. The monoisotopic (exact) mass is 277 g/mol. The SMILES string of the molecule is Cc1ccc(C(=O)N2CCN([C@@H](C)CC#N)CC2)s1. The van der Waals surface area contributed by atoms with E-state index in [0.717, 1.165) is 31.1 Å². The second-order valence-electron chi connectivity index (χ2n) is 4.95. The highest BCUT2D eigenvalue weighted by molar-refractivity contribution is 7.13. The number of piperazine rings is 1. The topological polar surface area (TPSA) is 47.3 Å². The van der Waals surface area contributed by atoms with Crippen molar-refractivity contribution in [3.05, 3.63) is 21.9 Å². The van der Waals surface area contributed by atoms with Gasteiger partial charge in [-0.1, -0.05) is 0 Å². The van der Waals surface area contributed by atoms with Crippen LogP contribution in [0.5, 0.6) is 0 Å². The zero-order chi connectivity index (χ0) is 13.8. The summed E-state index contributed by atoms with van der Waals surface area (Å²) in [5.41, 5.74) is 0. The summed E-state index contributed by atoms with van der Waals surface area (Å²) in [4.78, 5) is 18.5. The first-order valence-corrected chi connectivity index (χ1v) is 7.40. The van der Waals surface area contributed by atoms with Crippen molar-refractivity contribution >= 4 is 17.2 Å². The van der Waals surface area contributed by atoms with Gasteiger partial charge in [0.05, 0.1) is 17.4 Å². The number of aryl methyl sites for hydroxylation is 1. The number of rotatable bonds is 3. The Morgan fingerprint density at radius 2 is 2.11 bits per heavy atom. The Balaban J connectivity index is 1.90. The van der Waals surface area contributed by atoms with Gasteiger partial charge in [0.15, 0.2) is 0 Å². The van der Waals surface area contributed by atoms with Gasteiger partial charge in [0.2, 0.25) is 0 Å². The average Bonchev–Trinajstić information content (AvgIpc) is 2.85. The highest BCUT2D eigenvalue weighted by atomic mass is 32.1. The van der Waals surface area contributed by atoms with Gasteiger partial charge in [-0.15, -0.1) is 11.3 Å². The fraction of sp³-hybridized carbons (Fsp3) is 0.571. The molecule has 1 aromatic rings. The van der Waals surface area contributed by atoms with Gasteiger partial charge in [-0.3, -0.25) is 9.69 Å². The number of nitriles is 1. The Labute approximate surface area is 118 Å². The molecule has 1 saturated heterocycles. The molecule has 0 spiro atoms. The lowest BCUT2D eigenvalue weighted by Gasteiger charge is -2.37. The van der Waals surface area contributed by atoms with Gasteiger partial charge in [-0.2, -0.15) is 5.26 Å². The quantitative estimate of drug-likeness (QED) is 0.850. The van der Waals surface area contributed by atoms with Gasteiger partial charge in [-0.25, -0.2) is 0 Å². The minimum atomic E-state index is 0.144. The van der Waals surface area contributed by atoms with Gasteiger partial charge < -0.3 is 4.90 Å². The number of carbonyl (C=O) groups is 1. The number of carbonyl (C=O) groups excluding carboxylic acids is 1. The van der Waals surface area contributed by atoms with Crippen molar-refractivity contribution in [1.29, 1.82) is 5.26 Å². The molecular formula is C14H19N3OS. The summed E-state index contributed by atoms with van der Waals surface area (Å²) < 4.78 is 0. The number of hydrogen-bond donors (Lipinski definition) is 0. The number of amides is 1. The Hall–Kier alpha value is -1.38. The Morgan fingerprint density at radius 1 is 1.42 bits per heavy atom. The molecule has 0 N–H and O–H groups in total.